The number of benzene rings is 2. The third kappa shape index (κ3) is 5.22. The van der Waals surface area contributed by atoms with Crippen LogP contribution in [0.4, 0.5) is 5.69 Å². The summed E-state index contributed by atoms with van der Waals surface area (Å²) in [6.07, 6.45) is 0. The van der Waals surface area contributed by atoms with Gasteiger partial charge in [0.1, 0.15) is 11.5 Å². The summed E-state index contributed by atoms with van der Waals surface area (Å²) in [5.41, 5.74) is 7.14. The van der Waals surface area contributed by atoms with Crippen LogP contribution in [0.25, 0.3) is 11.3 Å². The van der Waals surface area contributed by atoms with E-state index >= 15 is 0 Å². The normalized spacial score (nSPS) is 10.8. The number of amides is 2. The molecule has 0 aliphatic carbocycles. The number of primary amides is 1. The number of nitrogens with one attached hydrogen (secondary N) is 1. The lowest BCUT2D eigenvalue weighted by atomic mass is 10.2. The van der Waals surface area contributed by atoms with E-state index in [9.17, 15) is 9.59 Å². The summed E-state index contributed by atoms with van der Waals surface area (Å²) in [6.45, 7) is 0.677. The smallest absolute Gasteiger partial charge is 0.248 e. The number of likely N-dealkylation sites (N-methyl/N-ethyl adjacent to an activating group) is 1. The van der Waals surface area contributed by atoms with Crippen molar-refractivity contribution in [2.24, 2.45) is 5.73 Å². The molecular formula is C21H20ClN3O3. The Hall–Kier alpha value is -3.09. The van der Waals surface area contributed by atoms with Crippen LogP contribution < -0.4 is 11.1 Å². The van der Waals surface area contributed by atoms with E-state index in [0.29, 0.717) is 22.8 Å². The molecule has 0 unspecified atom stereocenters. The average molecular weight is 398 g/mol. The molecule has 0 spiro atoms. The first kappa shape index (κ1) is 19.7. The number of anilines is 1. The third-order valence-corrected chi connectivity index (χ3v) is 4.33. The highest BCUT2D eigenvalue weighted by Crippen LogP contribution is 2.24. The number of nitrogens with zero attached hydrogens (tertiary/aromatic N) is 1. The summed E-state index contributed by atoms with van der Waals surface area (Å²) in [4.78, 5) is 25.1. The zero-order chi connectivity index (χ0) is 20.1. The predicted octanol–water partition coefficient (Wildman–Crippen LogP) is 3.77. The first-order valence-electron chi connectivity index (χ1n) is 8.63. The van der Waals surface area contributed by atoms with Gasteiger partial charge in [0.25, 0.3) is 0 Å². The monoisotopic (exact) mass is 397 g/mol. The van der Waals surface area contributed by atoms with Crippen LogP contribution in [-0.4, -0.2) is 30.3 Å². The minimum Gasteiger partial charge on any atom is -0.460 e. The van der Waals surface area contributed by atoms with Gasteiger partial charge in [-0.2, -0.15) is 0 Å². The fourth-order valence-corrected chi connectivity index (χ4v) is 2.84. The number of carbonyl (C=O) groups excluding carboxylic acids is 2. The van der Waals surface area contributed by atoms with E-state index in [0.717, 1.165) is 17.1 Å². The van der Waals surface area contributed by atoms with Gasteiger partial charge >= 0.3 is 0 Å². The quantitative estimate of drug-likeness (QED) is 0.635. The second-order valence-corrected chi connectivity index (χ2v) is 6.87. The number of halogens is 1. The molecule has 2 amide bonds. The number of furan rings is 1. The molecule has 0 radical (unpaired) electrons. The van der Waals surface area contributed by atoms with Crippen LogP contribution in [0.15, 0.2) is 65.1 Å². The van der Waals surface area contributed by atoms with Crippen molar-refractivity contribution >= 4 is 29.1 Å². The molecule has 0 fully saturated rings. The Balaban J connectivity index is 1.53. The minimum absolute atomic E-state index is 0.168. The Morgan fingerprint density at radius 2 is 1.71 bits per heavy atom. The van der Waals surface area contributed by atoms with E-state index in [2.05, 4.69) is 5.32 Å². The topological polar surface area (TPSA) is 88.6 Å². The van der Waals surface area contributed by atoms with Gasteiger partial charge in [0, 0.05) is 21.8 Å². The largest absolute Gasteiger partial charge is 0.460 e. The van der Waals surface area contributed by atoms with Crippen molar-refractivity contribution in [3.05, 3.63) is 77.0 Å². The van der Waals surface area contributed by atoms with Gasteiger partial charge in [-0.25, -0.2) is 0 Å². The van der Waals surface area contributed by atoms with E-state index in [-0.39, 0.29) is 12.5 Å². The van der Waals surface area contributed by atoms with Crippen molar-refractivity contribution in [1.82, 2.24) is 4.90 Å². The molecular weight excluding hydrogens is 378 g/mol. The number of hydrogen-bond acceptors (Lipinski definition) is 4. The van der Waals surface area contributed by atoms with Crippen LogP contribution in [0.5, 0.6) is 0 Å². The molecule has 3 rings (SSSR count). The fourth-order valence-electron chi connectivity index (χ4n) is 2.72. The van der Waals surface area contributed by atoms with Crippen LogP contribution >= 0.6 is 11.6 Å². The Kier molecular flexibility index (Phi) is 6.13. The van der Waals surface area contributed by atoms with Crippen LogP contribution in [0.3, 0.4) is 0 Å². The molecule has 0 bridgehead atoms. The van der Waals surface area contributed by atoms with Crippen molar-refractivity contribution in [2.75, 3.05) is 18.9 Å². The van der Waals surface area contributed by atoms with E-state index in [4.69, 9.17) is 21.8 Å². The SMILES string of the molecule is CN(CC(=O)Nc1ccc(C(N)=O)cc1)Cc1ccc(-c2ccc(Cl)cc2)o1. The van der Waals surface area contributed by atoms with Gasteiger partial charge in [-0.15, -0.1) is 0 Å². The molecule has 0 atom stereocenters. The van der Waals surface area contributed by atoms with Crippen molar-refractivity contribution < 1.29 is 14.0 Å². The maximum Gasteiger partial charge on any atom is 0.248 e. The molecule has 1 aromatic heterocycles. The zero-order valence-electron chi connectivity index (χ0n) is 15.3. The molecule has 1 heterocycles. The lowest BCUT2D eigenvalue weighted by Gasteiger charge is -2.15. The van der Waals surface area contributed by atoms with Gasteiger partial charge in [0.15, 0.2) is 0 Å². The zero-order valence-corrected chi connectivity index (χ0v) is 16.1. The molecule has 0 aliphatic heterocycles. The minimum atomic E-state index is -0.506. The van der Waals surface area contributed by atoms with Gasteiger partial charge in [-0.1, -0.05) is 11.6 Å². The van der Waals surface area contributed by atoms with Gasteiger partial charge in [-0.05, 0) is 67.7 Å². The molecule has 28 heavy (non-hydrogen) atoms. The Bertz CT molecular complexity index is 965. The molecule has 0 saturated heterocycles. The highest BCUT2D eigenvalue weighted by Gasteiger charge is 2.11. The summed E-state index contributed by atoms with van der Waals surface area (Å²) in [7, 11) is 1.83. The van der Waals surface area contributed by atoms with Crippen molar-refractivity contribution in [2.45, 2.75) is 6.54 Å². The van der Waals surface area contributed by atoms with Gasteiger partial charge < -0.3 is 15.5 Å². The van der Waals surface area contributed by atoms with E-state index in [1.165, 1.54) is 0 Å². The number of hydrogen-bond donors (Lipinski definition) is 2. The van der Waals surface area contributed by atoms with Gasteiger partial charge in [-0.3, -0.25) is 14.5 Å². The highest BCUT2D eigenvalue weighted by atomic mass is 35.5. The Labute approximate surface area is 167 Å². The Morgan fingerprint density at radius 1 is 1.04 bits per heavy atom. The fraction of sp³-hybridized carbons (Fsp3) is 0.143. The maximum absolute atomic E-state index is 12.2. The first-order chi connectivity index (χ1) is 13.4. The molecule has 0 saturated carbocycles. The molecule has 7 heteroatoms. The van der Waals surface area contributed by atoms with Crippen LogP contribution in [0.1, 0.15) is 16.1 Å². The van der Waals surface area contributed by atoms with E-state index in [1.54, 1.807) is 24.3 Å². The average Bonchev–Trinajstić information content (AvgIpc) is 3.10. The van der Waals surface area contributed by atoms with Crippen LogP contribution in [0.2, 0.25) is 5.02 Å². The summed E-state index contributed by atoms with van der Waals surface area (Å²) in [5.74, 6) is 0.831. The maximum atomic E-state index is 12.2. The summed E-state index contributed by atoms with van der Waals surface area (Å²) in [6, 6.07) is 17.6. The van der Waals surface area contributed by atoms with Gasteiger partial charge in [0.05, 0.1) is 13.1 Å². The molecule has 3 N–H and O–H groups in total. The first-order valence-corrected chi connectivity index (χ1v) is 9.01. The van der Waals surface area contributed by atoms with E-state index in [1.807, 2.05) is 48.3 Å². The third-order valence-electron chi connectivity index (χ3n) is 4.08. The second-order valence-electron chi connectivity index (χ2n) is 6.43. The number of carbonyl (C=O) groups is 2. The lowest BCUT2D eigenvalue weighted by molar-refractivity contribution is -0.117. The number of rotatable bonds is 7. The van der Waals surface area contributed by atoms with E-state index < -0.39 is 5.91 Å². The second kappa shape index (κ2) is 8.73. The molecule has 3 aromatic rings. The summed E-state index contributed by atoms with van der Waals surface area (Å²) in [5, 5.41) is 3.46. The summed E-state index contributed by atoms with van der Waals surface area (Å²) >= 11 is 5.91. The summed E-state index contributed by atoms with van der Waals surface area (Å²) < 4.78 is 5.86. The van der Waals surface area contributed by atoms with Crippen LogP contribution in [0, 0.1) is 0 Å². The van der Waals surface area contributed by atoms with Crippen molar-refractivity contribution in [3.63, 3.8) is 0 Å². The van der Waals surface area contributed by atoms with Crippen molar-refractivity contribution in [1.29, 1.82) is 0 Å². The highest BCUT2D eigenvalue weighted by molar-refractivity contribution is 6.30. The molecule has 6 nitrogen and oxygen atoms in total. The predicted molar refractivity (Wildman–Crippen MR) is 109 cm³/mol. The molecule has 0 aliphatic rings. The van der Waals surface area contributed by atoms with Crippen molar-refractivity contribution in [3.8, 4) is 11.3 Å². The Morgan fingerprint density at radius 3 is 2.36 bits per heavy atom. The van der Waals surface area contributed by atoms with Crippen LogP contribution in [-0.2, 0) is 11.3 Å². The standard InChI is InChI=1S/C21H20ClN3O3/c1-25(13-20(26)24-17-8-4-15(5-9-17)21(23)27)12-18-10-11-19(28-18)14-2-6-16(22)7-3-14/h2-11H,12-13H2,1H3,(H2,23,27)(H,24,26). The van der Waals surface area contributed by atoms with Gasteiger partial charge in [0.2, 0.25) is 11.8 Å². The molecule has 2 aromatic carbocycles. The lowest BCUT2D eigenvalue weighted by Crippen LogP contribution is -2.29. The molecule has 144 valence electrons. The number of nitrogens with two attached hydrogens (primary N) is 1.